The smallest absolute Gasteiger partial charge is 0.306 e. The van der Waals surface area contributed by atoms with E-state index in [0.717, 1.165) is 38.5 Å². The number of carbonyl (C=O) groups is 2. The molecule has 0 radical (unpaired) electrons. The second kappa shape index (κ2) is 41.1. The van der Waals surface area contributed by atoms with Crippen LogP contribution in [0.5, 0.6) is 0 Å². The summed E-state index contributed by atoms with van der Waals surface area (Å²) in [5, 5.41) is 0. The summed E-state index contributed by atoms with van der Waals surface area (Å²) in [6, 6.07) is 0. The molecule has 58 heavy (non-hydrogen) atoms. The fourth-order valence-corrected chi connectivity index (χ4v) is 7.67. The molecule has 0 amide bonds. The third-order valence-electron chi connectivity index (χ3n) is 10.8. The molecule has 10 heteroatoms. The maximum Gasteiger partial charge on any atom is 0.306 e. The third-order valence-corrected chi connectivity index (χ3v) is 11.7. The summed E-state index contributed by atoms with van der Waals surface area (Å²) in [6.07, 6.45) is 43.8. The van der Waals surface area contributed by atoms with E-state index in [-0.39, 0.29) is 32.0 Å². The Morgan fingerprint density at radius 1 is 0.517 bits per heavy atom. The van der Waals surface area contributed by atoms with Crippen molar-refractivity contribution in [3.8, 4) is 0 Å². The van der Waals surface area contributed by atoms with E-state index >= 15 is 0 Å². The second-order valence-corrected chi connectivity index (χ2v) is 19.2. The number of phosphoric acid groups is 1. The molecule has 0 N–H and O–H groups in total. The van der Waals surface area contributed by atoms with E-state index in [1.807, 2.05) is 21.1 Å². The zero-order chi connectivity index (χ0) is 42.8. The highest BCUT2D eigenvalue weighted by atomic mass is 31.2. The van der Waals surface area contributed by atoms with E-state index in [1.54, 1.807) is 0 Å². The Balaban J connectivity index is 4.23. The Morgan fingerprint density at radius 2 is 0.879 bits per heavy atom. The summed E-state index contributed by atoms with van der Waals surface area (Å²) in [6.45, 7) is 4.26. The summed E-state index contributed by atoms with van der Waals surface area (Å²) in [4.78, 5) is 37.6. The van der Waals surface area contributed by atoms with Crippen LogP contribution in [-0.4, -0.2) is 70.0 Å². The summed E-state index contributed by atoms with van der Waals surface area (Å²) in [5.41, 5.74) is 0. The average molecular weight is 844 g/mol. The van der Waals surface area contributed by atoms with Crippen LogP contribution in [0.2, 0.25) is 0 Å². The van der Waals surface area contributed by atoms with Crippen molar-refractivity contribution in [2.24, 2.45) is 0 Å². The van der Waals surface area contributed by atoms with E-state index in [1.165, 1.54) is 161 Å². The van der Waals surface area contributed by atoms with E-state index < -0.39 is 26.5 Å². The highest BCUT2D eigenvalue weighted by Gasteiger charge is 2.21. The zero-order valence-electron chi connectivity index (χ0n) is 38.8. The van der Waals surface area contributed by atoms with E-state index in [4.69, 9.17) is 18.5 Å². The number of unbranched alkanes of at least 4 members (excludes halogenated alkanes) is 29. The molecular formula is C48H94NO8P. The van der Waals surface area contributed by atoms with Gasteiger partial charge in [-0.05, 0) is 38.5 Å². The van der Waals surface area contributed by atoms with Crippen LogP contribution in [0.4, 0.5) is 0 Å². The van der Waals surface area contributed by atoms with Gasteiger partial charge in [0.1, 0.15) is 19.8 Å². The number of quaternary nitrogens is 1. The van der Waals surface area contributed by atoms with Crippen LogP contribution in [-0.2, 0) is 32.7 Å². The van der Waals surface area contributed by atoms with Gasteiger partial charge in [0.2, 0.25) is 0 Å². The maximum absolute atomic E-state index is 12.7. The number of rotatable bonds is 45. The van der Waals surface area contributed by atoms with Gasteiger partial charge in [-0.25, -0.2) is 0 Å². The first kappa shape index (κ1) is 56.8. The number of hydrogen-bond acceptors (Lipinski definition) is 8. The fourth-order valence-electron chi connectivity index (χ4n) is 6.95. The molecule has 2 atom stereocenters. The fraction of sp³-hybridized carbons (Fsp3) is 0.917. The Kier molecular flexibility index (Phi) is 40.2. The zero-order valence-corrected chi connectivity index (χ0v) is 39.7. The number of ether oxygens (including phenoxy) is 2. The largest absolute Gasteiger partial charge is 0.756 e. The number of esters is 2. The Labute approximate surface area is 358 Å². The number of carbonyl (C=O) groups excluding carboxylic acids is 2. The highest BCUT2D eigenvalue weighted by molar-refractivity contribution is 7.45. The van der Waals surface area contributed by atoms with Crippen molar-refractivity contribution in [3.05, 3.63) is 12.2 Å². The molecule has 0 aliphatic rings. The minimum Gasteiger partial charge on any atom is -0.756 e. The predicted molar refractivity (Wildman–Crippen MR) is 241 cm³/mol. The minimum atomic E-state index is -4.62. The summed E-state index contributed by atoms with van der Waals surface area (Å²) < 4.78 is 34.0. The van der Waals surface area contributed by atoms with Crippen LogP contribution in [0, 0.1) is 0 Å². The lowest BCUT2D eigenvalue weighted by Gasteiger charge is -2.28. The lowest BCUT2D eigenvalue weighted by molar-refractivity contribution is -0.870. The molecule has 0 aliphatic heterocycles. The number of nitrogens with zero attached hydrogens (tertiary/aromatic N) is 1. The Bertz CT molecular complexity index is 1000. The molecule has 0 aromatic rings. The maximum atomic E-state index is 12.7. The summed E-state index contributed by atoms with van der Waals surface area (Å²) in [7, 11) is 1.18. The lowest BCUT2D eigenvalue weighted by Crippen LogP contribution is -2.37. The van der Waals surface area contributed by atoms with Crippen molar-refractivity contribution in [3.63, 3.8) is 0 Å². The standard InChI is InChI=1S/C48H94NO8P/c1-6-8-10-12-14-16-18-20-21-22-23-24-25-26-27-29-31-33-35-37-39-41-48(51)57-46(45-56-58(52,53)55-43-42-49(3,4)5)44-54-47(50)40-38-36-34-32-30-28-19-17-15-13-11-9-7-2/h20-21,46H,6-19,22-45H2,1-5H3/b21-20-. The molecule has 9 nitrogen and oxygen atoms in total. The third kappa shape index (κ3) is 44.3. The van der Waals surface area contributed by atoms with E-state index in [0.29, 0.717) is 17.4 Å². The molecule has 344 valence electrons. The van der Waals surface area contributed by atoms with Crippen LogP contribution in [0.1, 0.15) is 232 Å². The molecule has 0 saturated carbocycles. The normalized spacial score (nSPS) is 13.6. The van der Waals surface area contributed by atoms with Gasteiger partial charge < -0.3 is 27.9 Å². The molecule has 2 unspecified atom stereocenters. The number of likely N-dealkylation sites (N-methyl/N-ethyl adjacent to an activating group) is 1. The van der Waals surface area contributed by atoms with Gasteiger partial charge in [-0.2, -0.15) is 0 Å². The average Bonchev–Trinajstić information content (AvgIpc) is 3.17. The molecule has 0 heterocycles. The first-order chi connectivity index (χ1) is 28.0. The monoisotopic (exact) mass is 844 g/mol. The first-order valence-corrected chi connectivity index (χ1v) is 25.9. The molecule has 0 spiro atoms. The quantitative estimate of drug-likeness (QED) is 0.0196. The lowest BCUT2D eigenvalue weighted by atomic mass is 10.0. The molecule has 0 saturated heterocycles. The Hall–Kier alpha value is -1.25. The van der Waals surface area contributed by atoms with Crippen molar-refractivity contribution in [2.75, 3.05) is 47.5 Å². The van der Waals surface area contributed by atoms with Crippen LogP contribution < -0.4 is 4.89 Å². The van der Waals surface area contributed by atoms with Gasteiger partial charge in [0, 0.05) is 12.8 Å². The first-order valence-electron chi connectivity index (χ1n) is 24.4. The van der Waals surface area contributed by atoms with Crippen LogP contribution in [0.15, 0.2) is 12.2 Å². The van der Waals surface area contributed by atoms with Crippen LogP contribution in [0.25, 0.3) is 0 Å². The SMILES string of the molecule is CCCCCCCC/C=C\CCCCCCCCCCCCCC(=O)OC(COC(=O)CCCCCCCCCCCCCCC)COP(=O)([O-])OCC[N+](C)(C)C. The molecule has 0 bridgehead atoms. The molecule has 0 aliphatic carbocycles. The van der Waals surface area contributed by atoms with Gasteiger partial charge in [-0.3, -0.25) is 14.2 Å². The van der Waals surface area contributed by atoms with Gasteiger partial charge in [0.05, 0.1) is 27.7 Å². The molecule has 0 aromatic heterocycles. The molecule has 0 aromatic carbocycles. The van der Waals surface area contributed by atoms with Crippen molar-refractivity contribution in [2.45, 2.75) is 238 Å². The number of allylic oxidation sites excluding steroid dienone is 2. The molecular weight excluding hydrogens is 750 g/mol. The van der Waals surface area contributed by atoms with Crippen molar-refractivity contribution >= 4 is 19.8 Å². The van der Waals surface area contributed by atoms with Crippen molar-refractivity contribution in [1.82, 2.24) is 0 Å². The highest BCUT2D eigenvalue weighted by Crippen LogP contribution is 2.38. The van der Waals surface area contributed by atoms with Gasteiger partial charge in [0.25, 0.3) is 7.82 Å². The summed E-state index contributed by atoms with van der Waals surface area (Å²) in [5.74, 6) is -0.823. The van der Waals surface area contributed by atoms with Crippen molar-refractivity contribution < 1.29 is 42.1 Å². The van der Waals surface area contributed by atoms with Gasteiger partial charge in [-0.1, -0.05) is 193 Å². The predicted octanol–water partition coefficient (Wildman–Crippen LogP) is 13.5. The molecule has 0 rings (SSSR count). The minimum absolute atomic E-state index is 0.0275. The van der Waals surface area contributed by atoms with Gasteiger partial charge >= 0.3 is 11.9 Å². The molecule has 0 fully saturated rings. The van der Waals surface area contributed by atoms with Crippen molar-refractivity contribution in [1.29, 1.82) is 0 Å². The number of hydrogen-bond donors (Lipinski definition) is 0. The number of phosphoric ester groups is 1. The van der Waals surface area contributed by atoms with E-state index in [2.05, 4.69) is 26.0 Å². The van der Waals surface area contributed by atoms with Gasteiger partial charge in [0.15, 0.2) is 6.10 Å². The Morgan fingerprint density at radius 3 is 1.28 bits per heavy atom. The van der Waals surface area contributed by atoms with E-state index in [9.17, 15) is 19.0 Å². The van der Waals surface area contributed by atoms with Gasteiger partial charge in [-0.15, -0.1) is 0 Å². The summed E-state index contributed by atoms with van der Waals surface area (Å²) >= 11 is 0. The topological polar surface area (TPSA) is 111 Å². The van der Waals surface area contributed by atoms with Crippen LogP contribution in [0.3, 0.4) is 0 Å². The van der Waals surface area contributed by atoms with Crippen LogP contribution >= 0.6 is 7.82 Å². The second-order valence-electron chi connectivity index (χ2n) is 17.8.